The average molecular weight is 619 g/mol. The number of hydrogen-bond donors (Lipinski definition) is 3. The summed E-state index contributed by atoms with van der Waals surface area (Å²) in [5.74, 6) is -1.13. The predicted molar refractivity (Wildman–Crippen MR) is 173 cm³/mol. The summed E-state index contributed by atoms with van der Waals surface area (Å²) >= 11 is 14.1. The quantitative estimate of drug-likeness (QED) is 0.124. The molecule has 0 saturated carbocycles. The van der Waals surface area contributed by atoms with Crippen molar-refractivity contribution in [2.24, 2.45) is 0 Å². The zero-order valence-electron chi connectivity index (χ0n) is 23.0. The van der Waals surface area contributed by atoms with Crippen LogP contribution in [-0.2, 0) is 9.59 Å². The second-order valence-electron chi connectivity index (χ2n) is 9.37. The van der Waals surface area contributed by atoms with Gasteiger partial charge in [0.1, 0.15) is 5.70 Å². The fraction of sp³-hybridized carbons (Fsp3) is 0.121. The van der Waals surface area contributed by atoms with Gasteiger partial charge in [-0.05, 0) is 79.6 Å². The normalized spacial score (nSPS) is 11.9. The van der Waals surface area contributed by atoms with E-state index in [-0.39, 0.29) is 16.9 Å². The van der Waals surface area contributed by atoms with Gasteiger partial charge in [0.15, 0.2) is 0 Å². The number of nitrogens with one attached hydrogen (secondary N) is 3. The third-order valence-corrected chi connectivity index (χ3v) is 8.15. The van der Waals surface area contributed by atoms with Crippen LogP contribution in [0.4, 0.5) is 11.4 Å². The number of rotatable bonds is 10. The summed E-state index contributed by atoms with van der Waals surface area (Å²) < 4.78 is 0. The Labute approximate surface area is 259 Å². The van der Waals surface area contributed by atoms with E-state index in [0.717, 1.165) is 16.1 Å². The van der Waals surface area contributed by atoms with Crippen molar-refractivity contribution in [1.29, 1.82) is 0 Å². The molecular formula is C33H29Cl2N3O3S. The van der Waals surface area contributed by atoms with Crippen LogP contribution in [0, 0.1) is 6.92 Å². The van der Waals surface area contributed by atoms with Crippen LogP contribution in [0.15, 0.2) is 108 Å². The van der Waals surface area contributed by atoms with Crippen LogP contribution in [0.5, 0.6) is 0 Å². The van der Waals surface area contributed by atoms with Crippen LogP contribution in [-0.4, -0.2) is 23.0 Å². The van der Waals surface area contributed by atoms with Gasteiger partial charge in [-0.15, -0.1) is 11.8 Å². The van der Waals surface area contributed by atoms with Crippen molar-refractivity contribution in [2.75, 3.05) is 10.6 Å². The number of anilines is 2. The molecule has 1 unspecified atom stereocenters. The fourth-order valence-corrected chi connectivity index (χ4v) is 5.53. The topological polar surface area (TPSA) is 87.3 Å². The third kappa shape index (κ3) is 8.49. The maximum Gasteiger partial charge on any atom is 0.272 e. The molecule has 0 heterocycles. The Hall–Kier alpha value is -4.04. The summed E-state index contributed by atoms with van der Waals surface area (Å²) in [6.07, 6.45) is 2.05. The van der Waals surface area contributed by atoms with E-state index in [0.29, 0.717) is 33.3 Å². The van der Waals surface area contributed by atoms with Crippen molar-refractivity contribution in [1.82, 2.24) is 5.32 Å². The van der Waals surface area contributed by atoms with E-state index in [9.17, 15) is 14.4 Å². The molecule has 0 aliphatic rings. The first-order valence-electron chi connectivity index (χ1n) is 13.2. The van der Waals surface area contributed by atoms with Gasteiger partial charge in [-0.3, -0.25) is 14.4 Å². The van der Waals surface area contributed by atoms with Gasteiger partial charge in [0, 0.05) is 37.4 Å². The third-order valence-electron chi connectivity index (χ3n) is 6.14. The first-order chi connectivity index (χ1) is 20.2. The minimum Gasteiger partial charge on any atom is -0.325 e. The lowest BCUT2D eigenvalue weighted by Gasteiger charge is -2.16. The molecule has 214 valence electrons. The molecule has 3 N–H and O–H groups in total. The molecule has 4 rings (SSSR count). The van der Waals surface area contributed by atoms with Crippen LogP contribution in [0.1, 0.15) is 34.8 Å². The minimum atomic E-state index is -0.568. The molecule has 0 bridgehead atoms. The van der Waals surface area contributed by atoms with Gasteiger partial charge in [-0.25, -0.2) is 0 Å². The van der Waals surface area contributed by atoms with Gasteiger partial charge in [0.05, 0.1) is 5.25 Å². The lowest BCUT2D eigenvalue weighted by Crippen LogP contribution is -2.30. The summed E-state index contributed by atoms with van der Waals surface area (Å²) in [5, 5.41) is 8.82. The van der Waals surface area contributed by atoms with E-state index in [1.807, 2.05) is 44.2 Å². The molecule has 4 aromatic carbocycles. The molecule has 0 saturated heterocycles. The van der Waals surface area contributed by atoms with Crippen LogP contribution in [0.25, 0.3) is 6.08 Å². The predicted octanol–water partition coefficient (Wildman–Crippen LogP) is 8.22. The van der Waals surface area contributed by atoms with Crippen molar-refractivity contribution >= 4 is 70.1 Å². The minimum absolute atomic E-state index is 0.0409. The SMILES string of the molecule is CCC(Sc1cccc(NC(=O)/C(=C\c2c(Cl)cccc2Cl)NC(=O)c2ccccc2)c1)C(=O)Nc1cccc(C)c1. The average Bonchev–Trinajstić information content (AvgIpc) is 2.97. The molecule has 1 atom stereocenters. The first-order valence-corrected chi connectivity index (χ1v) is 14.8. The van der Waals surface area contributed by atoms with E-state index in [1.54, 1.807) is 66.7 Å². The van der Waals surface area contributed by atoms with Crippen molar-refractivity contribution in [2.45, 2.75) is 30.4 Å². The number of amides is 3. The smallest absolute Gasteiger partial charge is 0.272 e. The lowest BCUT2D eigenvalue weighted by atomic mass is 10.1. The molecule has 0 aromatic heterocycles. The van der Waals surface area contributed by atoms with E-state index < -0.39 is 11.8 Å². The summed E-state index contributed by atoms with van der Waals surface area (Å²) in [4.78, 5) is 40.2. The largest absolute Gasteiger partial charge is 0.325 e. The molecule has 0 aliphatic carbocycles. The van der Waals surface area contributed by atoms with Crippen molar-refractivity contribution in [3.8, 4) is 0 Å². The maximum absolute atomic E-state index is 13.5. The van der Waals surface area contributed by atoms with E-state index in [4.69, 9.17) is 23.2 Å². The number of thioether (sulfide) groups is 1. The van der Waals surface area contributed by atoms with Crippen LogP contribution < -0.4 is 16.0 Å². The Morgan fingerprint density at radius 1 is 0.810 bits per heavy atom. The molecule has 9 heteroatoms. The molecule has 6 nitrogen and oxygen atoms in total. The Morgan fingerprint density at radius 3 is 2.12 bits per heavy atom. The number of benzene rings is 4. The van der Waals surface area contributed by atoms with Gasteiger partial charge >= 0.3 is 0 Å². The number of halogens is 2. The van der Waals surface area contributed by atoms with Crippen LogP contribution in [0.2, 0.25) is 10.0 Å². The molecule has 0 spiro atoms. The molecular weight excluding hydrogens is 589 g/mol. The van der Waals surface area contributed by atoms with E-state index in [1.165, 1.54) is 17.8 Å². The van der Waals surface area contributed by atoms with Gasteiger partial charge in [-0.1, -0.05) is 72.6 Å². The highest BCUT2D eigenvalue weighted by Gasteiger charge is 2.20. The molecule has 4 aromatic rings. The Kier molecular flexibility index (Phi) is 10.8. The Bertz CT molecular complexity index is 1610. The highest BCUT2D eigenvalue weighted by Crippen LogP contribution is 2.30. The Balaban J connectivity index is 1.53. The lowest BCUT2D eigenvalue weighted by molar-refractivity contribution is -0.116. The zero-order valence-corrected chi connectivity index (χ0v) is 25.3. The number of carbonyl (C=O) groups excluding carboxylic acids is 3. The Morgan fingerprint density at radius 2 is 1.45 bits per heavy atom. The van der Waals surface area contributed by atoms with E-state index >= 15 is 0 Å². The maximum atomic E-state index is 13.5. The number of carbonyl (C=O) groups is 3. The van der Waals surface area contributed by atoms with E-state index in [2.05, 4.69) is 16.0 Å². The summed E-state index contributed by atoms with van der Waals surface area (Å²) in [7, 11) is 0. The molecule has 3 amide bonds. The summed E-state index contributed by atoms with van der Waals surface area (Å²) in [5.41, 5.74) is 3.03. The first kappa shape index (κ1) is 30.9. The highest BCUT2D eigenvalue weighted by atomic mass is 35.5. The fourth-order valence-electron chi connectivity index (χ4n) is 4.01. The zero-order chi connectivity index (χ0) is 30.1. The second-order valence-corrected chi connectivity index (χ2v) is 11.5. The molecule has 0 fully saturated rings. The van der Waals surface area contributed by atoms with Crippen LogP contribution in [0.3, 0.4) is 0 Å². The van der Waals surface area contributed by atoms with Gasteiger partial charge < -0.3 is 16.0 Å². The molecule has 0 radical (unpaired) electrons. The summed E-state index contributed by atoms with van der Waals surface area (Å²) in [6, 6.07) is 28.4. The van der Waals surface area contributed by atoms with Crippen molar-refractivity contribution < 1.29 is 14.4 Å². The highest BCUT2D eigenvalue weighted by molar-refractivity contribution is 8.00. The number of aryl methyl sites for hydroxylation is 1. The molecule has 0 aliphatic heterocycles. The van der Waals surface area contributed by atoms with Crippen molar-refractivity contribution in [3.63, 3.8) is 0 Å². The number of hydrogen-bond acceptors (Lipinski definition) is 4. The molecule has 42 heavy (non-hydrogen) atoms. The van der Waals surface area contributed by atoms with Crippen LogP contribution >= 0.6 is 35.0 Å². The van der Waals surface area contributed by atoms with Crippen molar-refractivity contribution in [3.05, 3.63) is 129 Å². The van der Waals surface area contributed by atoms with Gasteiger partial charge in [0.2, 0.25) is 5.91 Å². The van der Waals surface area contributed by atoms with Gasteiger partial charge in [-0.2, -0.15) is 0 Å². The van der Waals surface area contributed by atoms with Gasteiger partial charge in [0.25, 0.3) is 11.8 Å². The summed E-state index contributed by atoms with van der Waals surface area (Å²) in [6.45, 7) is 3.92. The second kappa shape index (κ2) is 14.7. The monoisotopic (exact) mass is 617 g/mol. The standard InChI is InChI=1S/C33H29Cl2N3O3S/c1-3-30(33(41)37-23-13-7-10-21(2)18-23)42-25-15-8-14-24(19-25)36-32(40)29(20-26-27(34)16-9-17-28(26)35)38-31(39)22-11-5-4-6-12-22/h4-20,30H,3H2,1-2H3,(H,36,40)(H,37,41)(H,38,39)/b29-20+.